The van der Waals surface area contributed by atoms with Crippen LogP contribution in [-0.4, -0.2) is 48.7 Å². The first-order valence-corrected chi connectivity index (χ1v) is 12.8. The number of para-hydroxylation sites is 2. The number of aliphatic carboxylic acids is 1. The fraction of sp³-hybridized carbons (Fsp3) is 0.400. The molecular formula is C30H39LiN4O7. The summed E-state index contributed by atoms with van der Waals surface area (Å²) in [4.78, 5) is 56.5. The number of ether oxygens (including phenoxy) is 1. The standard InChI is InChI=1S/C15H18N2O3.C14H16N2O3.CH4.Li.H2O/c1-10(2)8-13(15(19)20-3)17-9-16-12-7-5-4-6-11(12)14(17)18;1-9(2)7-12(14(18)19)16-8-15-11-6-4-3-5-10(11)13(16)17;;;/h4-7,9-10,13H,8H2,1-3H3;3-6,8-9,12H,7H2,1-2H3,(H,18,19);1H4;;1H2/q;;;+1;/p-1/t13-;12-;;;/m00.../s1. The van der Waals surface area contributed by atoms with Crippen molar-refractivity contribution >= 4 is 33.7 Å². The van der Waals surface area contributed by atoms with Crippen LogP contribution in [0.2, 0.25) is 0 Å². The Morgan fingerprint density at radius 2 is 1.17 bits per heavy atom. The molecule has 4 rings (SSSR count). The fourth-order valence-corrected chi connectivity index (χ4v) is 4.30. The SMILES string of the molecule is C.CC(C)C[C@@H](C(=O)O)n1cnc2ccccc2c1=O.COC(=O)[C@H](CC(C)C)n1cnc2ccccc2c1=O.[Li+].[OH-]. The van der Waals surface area contributed by atoms with Crippen molar-refractivity contribution in [3.05, 3.63) is 81.9 Å². The number of nitrogens with zero attached hydrogens (tertiary/aromatic N) is 4. The van der Waals surface area contributed by atoms with Gasteiger partial charge in [-0.1, -0.05) is 59.4 Å². The molecule has 0 amide bonds. The van der Waals surface area contributed by atoms with Crippen LogP contribution in [-0.2, 0) is 14.3 Å². The summed E-state index contributed by atoms with van der Waals surface area (Å²) in [5.74, 6) is -0.984. The van der Waals surface area contributed by atoms with Gasteiger partial charge in [0.1, 0.15) is 12.1 Å². The first-order valence-electron chi connectivity index (χ1n) is 12.8. The topological polar surface area (TPSA) is 163 Å². The van der Waals surface area contributed by atoms with Crippen LogP contribution in [0.3, 0.4) is 0 Å². The molecule has 0 fully saturated rings. The normalized spacial score (nSPS) is 11.8. The van der Waals surface area contributed by atoms with E-state index in [2.05, 4.69) is 9.97 Å². The summed E-state index contributed by atoms with van der Waals surface area (Å²) in [6.45, 7) is 7.84. The van der Waals surface area contributed by atoms with E-state index < -0.39 is 24.0 Å². The van der Waals surface area contributed by atoms with Crippen molar-refractivity contribution in [2.45, 2.75) is 60.0 Å². The number of fused-ring (bicyclic) bond motifs is 2. The molecule has 11 nitrogen and oxygen atoms in total. The Balaban J connectivity index is 0.000000748. The molecule has 222 valence electrons. The third kappa shape index (κ3) is 9.11. The summed E-state index contributed by atoms with van der Waals surface area (Å²) in [7, 11) is 1.33. The predicted octanol–water partition coefficient (Wildman–Crippen LogP) is 1.69. The van der Waals surface area contributed by atoms with Crippen molar-refractivity contribution in [3.63, 3.8) is 0 Å². The number of hydrogen-bond donors (Lipinski definition) is 1. The van der Waals surface area contributed by atoms with Crippen LogP contribution in [0.4, 0.5) is 0 Å². The van der Waals surface area contributed by atoms with E-state index in [1.165, 1.54) is 28.9 Å². The Morgan fingerprint density at radius 3 is 1.55 bits per heavy atom. The number of hydrogen-bond acceptors (Lipinski definition) is 8. The van der Waals surface area contributed by atoms with Crippen LogP contribution < -0.4 is 30.0 Å². The molecule has 0 aliphatic rings. The zero-order valence-electron chi connectivity index (χ0n) is 24.2. The zero-order valence-corrected chi connectivity index (χ0v) is 24.2. The molecule has 2 N–H and O–H groups in total. The average Bonchev–Trinajstić information content (AvgIpc) is 2.91. The van der Waals surface area contributed by atoms with Gasteiger partial charge in [-0.3, -0.25) is 18.7 Å². The summed E-state index contributed by atoms with van der Waals surface area (Å²) >= 11 is 0. The van der Waals surface area contributed by atoms with E-state index in [0.29, 0.717) is 34.6 Å². The second kappa shape index (κ2) is 17.2. The van der Waals surface area contributed by atoms with Crippen LogP contribution in [0, 0.1) is 11.8 Å². The minimum Gasteiger partial charge on any atom is -0.870 e. The van der Waals surface area contributed by atoms with Crippen LogP contribution in [0.15, 0.2) is 70.8 Å². The maximum Gasteiger partial charge on any atom is 1.00 e. The van der Waals surface area contributed by atoms with Crippen molar-refractivity contribution in [3.8, 4) is 0 Å². The Morgan fingerprint density at radius 1 is 0.786 bits per heavy atom. The quantitative estimate of drug-likeness (QED) is 0.244. The molecule has 0 saturated heterocycles. The molecule has 0 aliphatic heterocycles. The number of esters is 1. The van der Waals surface area contributed by atoms with Crippen molar-refractivity contribution < 1.29 is 43.8 Å². The van der Waals surface area contributed by atoms with E-state index in [1.54, 1.807) is 42.5 Å². The Hall–Kier alpha value is -3.78. The zero-order chi connectivity index (χ0) is 28.7. The largest absolute Gasteiger partial charge is 1.00 e. The Labute approximate surface area is 257 Å². The van der Waals surface area contributed by atoms with Gasteiger partial charge < -0.3 is 15.3 Å². The molecule has 12 heteroatoms. The van der Waals surface area contributed by atoms with Crippen molar-refractivity contribution in [1.29, 1.82) is 0 Å². The third-order valence-electron chi connectivity index (χ3n) is 6.20. The van der Waals surface area contributed by atoms with Crippen molar-refractivity contribution in [1.82, 2.24) is 19.1 Å². The molecule has 2 atom stereocenters. The van der Waals surface area contributed by atoms with Gasteiger partial charge in [-0.15, -0.1) is 0 Å². The minimum atomic E-state index is -1.01. The molecular weight excluding hydrogens is 535 g/mol. The van der Waals surface area contributed by atoms with Crippen LogP contribution >= 0.6 is 0 Å². The van der Waals surface area contributed by atoms with Gasteiger partial charge >= 0.3 is 30.8 Å². The first-order chi connectivity index (χ1) is 18.5. The van der Waals surface area contributed by atoms with E-state index in [9.17, 15) is 24.3 Å². The second-order valence-corrected chi connectivity index (χ2v) is 10.1. The Kier molecular flexibility index (Phi) is 15.7. The van der Waals surface area contributed by atoms with Crippen molar-refractivity contribution in [2.24, 2.45) is 11.8 Å². The van der Waals surface area contributed by atoms with Gasteiger partial charge in [0.25, 0.3) is 11.1 Å². The molecule has 0 radical (unpaired) electrons. The van der Waals surface area contributed by atoms with Gasteiger partial charge in [0, 0.05) is 0 Å². The summed E-state index contributed by atoms with van der Waals surface area (Å²) in [5, 5.41) is 10.2. The minimum absolute atomic E-state index is 0. The molecule has 0 aliphatic carbocycles. The van der Waals surface area contributed by atoms with Gasteiger partial charge in [-0.05, 0) is 48.9 Å². The fourth-order valence-electron chi connectivity index (χ4n) is 4.30. The molecule has 42 heavy (non-hydrogen) atoms. The molecule has 0 saturated carbocycles. The number of carbonyl (C=O) groups excluding carboxylic acids is 1. The molecule has 2 aromatic heterocycles. The number of carboxylic acids is 1. The van der Waals surface area contributed by atoms with Crippen LogP contribution in [0.1, 0.15) is 60.0 Å². The van der Waals surface area contributed by atoms with E-state index in [1.807, 2.05) is 33.8 Å². The molecule has 2 heterocycles. The summed E-state index contributed by atoms with van der Waals surface area (Å²) < 4.78 is 7.39. The smallest absolute Gasteiger partial charge is 0.870 e. The van der Waals surface area contributed by atoms with E-state index in [4.69, 9.17) is 4.74 Å². The maximum absolute atomic E-state index is 12.5. The number of methoxy groups -OCH3 is 1. The van der Waals surface area contributed by atoms with E-state index >= 15 is 0 Å². The number of carbonyl (C=O) groups is 2. The molecule has 4 aromatic rings. The van der Waals surface area contributed by atoms with Crippen molar-refractivity contribution in [2.75, 3.05) is 7.11 Å². The number of aromatic nitrogens is 4. The Bertz CT molecular complexity index is 1580. The predicted molar refractivity (Wildman–Crippen MR) is 157 cm³/mol. The summed E-state index contributed by atoms with van der Waals surface area (Å²) in [5.41, 5.74) is 0.685. The number of benzene rings is 2. The second-order valence-electron chi connectivity index (χ2n) is 10.1. The van der Waals surface area contributed by atoms with Gasteiger partial charge in [0.05, 0.1) is 41.6 Å². The van der Waals surface area contributed by atoms with Gasteiger partial charge in [-0.25, -0.2) is 19.6 Å². The average molecular weight is 575 g/mol. The maximum atomic E-state index is 12.5. The molecule has 0 bridgehead atoms. The van der Waals surface area contributed by atoms with Crippen LogP contribution in [0.25, 0.3) is 21.8 Å². The monoisotopic (exact) mass is 574 g/mol. The molecule has 2 aromatic carbocycles. The molecule has 0 spiro atoms. The van der Waals surface area contributed by atoms with E-state index in [-0.39, 0.29) is 54.7 Å². The van der Waals surface area contributed by atoms with Gasteiger partial charge in [-0.2, -0.15) is 0 Å². The van der Waals surface area contributed by atoms with Crippen LogP contribution in [0.5, 0.6) is 0 Å². The van der Waals surface area contributed by atoms with E-state index in [0.717, 1.165) is 0 Å². The van der Waals surface area contributed by atoms with Gasteiger partial charge in [0.2, 0.25) is 0 Å². The summed E-state index contributed by atoms with van der Waals surface area (Å²) in [6.07, 6.45) is 3.68. The third-order valence-corrected chi connectivity index (χ3v) is 6.20. The summed E-state index contributed by atoms with van der Waals surface area (Å²) in [6, 6.07) is 12.5. The number of carboxylic acid groups (broad SMARTS) is 1. The van der Waals surface area contributed by atoms with Gasteiger partial charge in [0.15, 0.2) is 0 Å². The first kappa shape index (κ1) is 38.2. The number of rotatable bonds is 8. The molecule has 0 unspecified atom stereocenters.